The molecule has 0 bridgehead atoms. The van der Waals surface area contributed by atoms with Crippen LogP contribution in [-0.2, 0) is 0 Å². The van der Waals surface area contributed by atoms with Gasteiger partial charge in [-0.25, -0.2) is 9.78 Å². The normalized spacial score (nSPS) is 19.0. The first-order valence-corrected chi connectivity index (χ1v) is 6.62. The Labute approximate surface area is 106 Å². The Morgan fingerprint density at radius 1 is 1.33 bits per heavy atom. The van der Waals surface area contributed by atoms with Gasteiger partial charge in [0.05, 0.1) is 11.3 Å². The second-order valence-electron chi connectivity index (χ2n) is 5.48. The van der Waals surface area contributed by atoms with Gasteiger partial charge < -0.3 is 10.4 Å². The fraction of sp³-hybridized carbons (Fsp3) is 0.571. The minimum absolute atomic E-state index is 0.287. The Balaban J connectivity index is 1.75. The van der Waals surface area contributed by atoms with Crippen molar-refractivity contribution in [3.05, 3.63) is 23.4 Å². The van der Waals surface area contributed by atoms with Crippen molar-refractivity contribution >= 4 is 11.8 Å². The summed E-state index contributed by atoms with van der Waals surface area (Å²) in [5.74, 6) is 1.52. The van der Waals surface area contributed by atoms with E-state index in [1.165, 1.54) is 25.7 Å². The number of carboxylic acids is 1. The van der Waals surface area contributed by atoms with E-state index in [2.05, 4.69) is 10.3 Å². The van der Waals surface area contributed by atoms with Gasteiger partial charge in [-0.05, 0) is 56.6 Å². The lowest BCUT2D eigenvalue weighted by Gasteiger charge is -2.18. The summed E-state index contributed by atoms with van der Waals surface area (Å²) in [4.78, 5) is 15.3. The fourth-order valence-corrected chi connectivity index (χ4v) is 2.57. The first-order chi connectivity index (χ1) is 8.65. The van der Waals surface area contributed by atoms with Crippen LogP contribution in [0.5, 0.6) is 0 Å². The quantitative estimate of drug-likeness (QED) is 0.838. The number of hydrogen-bond donors (Lipinski definition) is 2. The van der Waals surface area contributed by atoms with Gasteiger partial charge in [-0.15, -0.1) is 0 Å². The number of aromatic carboxylic acids is 1. The standard InChI is InChI=1S/C14H18N2O2/c1-8-11(14(17)18)6-7-12(15-8)16-13(9-2-3-9)10-4-5-10/h6-7,9-10,13H,2-5H2,1H3,(H,15,16)(H,17,18). The van der Waals surface area contributed by atoms with Gasteiger partial charge in [-0.1, -0.05) is 0 Å². The molecule has 1 aromatic heterocycles. The van der Waals surface area contributed by atoms with Gasteiger partial charge >= 0.3 is 5.97 Å². The van der Waals surface area contributed by atoms with E-state index in [0.29, 0.717) is 11.7 Å². The van der Waals surface area contributed by atoms with Gasteiger partial charge in [0.1, 0.15) is 5.82 Å². The van der Waals surface area contributed by atoms with Crippen LogP contribution >= 0.6 is 0 Å². The molecule has 2 fully saturated rings. The van der Waals surface area contributed by atoms with Crippen molar-refractivity contribution in [3.63, 3.8) is 0 Å². The monoisotopic (exact) mass is 246 g/mol. The number of pyridine rings is 1. The molecule has 0 aromatic carbocycles. The molecule has 0 radical (unpaired) electrons. The molecular formula is C14H18N2O2. The maximum absolute atomic E-state index is 10.9. The van der Waals surface area contributed by atoms with Crippen molar-refractivity contribution in [2.45, 2.75) is 38.6 Å². The third-order valence-electron chi connectivity index (χ3n) is 3.89. The Bertz CT molecular complexity index is 467. The maximum Gasteiger partial charge on any atom is 0.337 e. The molecule has 2 saturated carbocycles. The Morgan fingerprint density at radius 2 is 1.94 bits per heavy atom. The predicted octanol–water partition coefficient (Wildman–Crippen LogP) is 2.69. The van der Waals surface area contributed by atoms with E-state index in [0.717, 1.165) is 17.7 Å². The lowest BCUT2D eigenvalue weighted by atomic mass is 10.1. The predicted molar refractivity (Wildman–Crippen MR) is 68.8 cm³/mol. The number of nitrogens with one attached hydrogen (secondary N) is 1. The van der Waals surface area contributed by atoms with Gasteiger partial charge in [0.25, 0.3) is 0 Å². The van der Waals surface area contributed by atoms with Crippen LogP contribution in [0.15, 0.2) is 12.1 Å². The highest BCUT2D eigenvalue weighted by atomic mass is 16.4. The summed E-state index contributed by atoms with van der Waals surface area (Å²) >= 11 is 0. The van der Waals surface area contributed by atoms with Gasteiger partial charge in [-0.2, -0.15) is 0 Å². The minimum Gasteiger partial charge on any atom is -0.478 e. The average Bonchev–Trinajstić information content (AvgIpc) is 3.17. The van der Waals surface area contributed by atoms with Crippen LogP contribution in [0.1, 0.15) is 41.7 Å². The zero-order chi connectivity index (χ0) is 12.7. The van der Waals surface area contributed by atoms with E-state index >= 15 is 0 Å². The maximum atomic E-state index is 10.9. The van der Waals surface area contributed by atoms with Gasteiger partial charge in [-0.3, -0.25) is 0 Å². The largest absolute Gasteiger partial charge is 0.478 e. The van der Waals surface area contributed by atoms with Crippen LogP contribution in [0, 0.1) is 18.8 Å². The molecule has 4 heteroatoms. The highest BCUT2D eigenvalue weighted by molar-refractivity contribution is 5.89. The Morgan fingerprint density at radius 3 is 2.39 bits per heavy atom. The first-order valence-electron chi connectivity index (χ1n) is 6.62. The summed E-state index contributed by atoms with van der Waals surface area (Å²) in [6, 6.07) is 3.98. The highest BCUT2D eigenvalue weighted by Gasteiger charge is 2.41. The van der Waals surface area contributed by atoms with Gasteiger partial charge in [0, 0.05) is 6.04 Å². The van der Waals surface area contributed by atoms with Crippen molar-refractivity contribution in [3.8, 4) is 0 Å². The van der Waals surface area contributed by atoms with Crippen LogP contribution in [-0.4, -0.2) is 22.1 Å². The second-order valence-corrected chi connectivity index (χ2v) is 5.48. The van der Waals surface area contributed by atoms with E-state index in [4.69, 9.17) is 5.11 Å². The van der Waals surface area contributed by atoms with Crippen LogP contribution in [0.4, 0.5) is 5.82 Å². The number of carboxylic acid groups (broad SMARTS) is 1. The van der Waals surface area contributed by atoms with E-state index in [-0.39, 0.29) is 5.56 Å². The number of nitrogens with zero attached hydrogens (tertiary/aromatic N) is 1. The van der Waals surface area contributed by atoms with Gasteiger partial charge in [0.15, 0.2) is 0 Å². The average molecular weight is 246 g/mol. The number of hydrogen-bond acceptors (Lipinski definition) is 3. The summed E-state index contributed by atoms with van der Waals surface area (Å²) in [5, 5.41) is 12.5. The molecule has 2 aliphatic carbocycles. The zero-order valence-corrected chi connectivity index (χ0v) is 10.5. The topological polar surface area (TPSA) is 62.2 Å². The summed E-state index contributed by atoms with van der Waals surface area (Å²) in [6.07, 6.45) is 5.28. The molecule has 0 atom stereocenters. The van der Waals surface area contributed by atoms with Crippen molar-refractivity contribution in [2.75, 3.05) is 5.32 Å². The van der Waals surface area contributed by atoms with E-state index in [1.807, 2.05) is 0 Å². The Kier molecular flexibility index (Phi) is 2.73. The molecule has 18 heavy (non-hydrogen) atoms. The first kappa shape index (κ1) is 11.5. The summed E-state index contributed by atoms with van der Waals surface area (Å²) < 4.78 is 0. The van der Waals surface area contributed by atoms with E-state index in [1.54, 1.807) is 19.1 Å². The number of anilines is 1. The molecule has 1 heterocycles. The van der Waals surface area contributed by atoms with E-state index in [9.17, 15) is 4.79 Å². The van der Waals surface area contributed by atoms with Gasteiger partial charge in [0.2, 0.25) is 0 Å². The molecule has 96 valence electrons. The molecule has 3 rings (SSSR count). The van der Waals surface area contributed by atoms with Crippen LogP contribution in [0.3, 0.4) is 0 Å². The SMILES string of the molecule is Cc1nc(NC(C2CC2)C2CC2)ccc1C(=O)O. The molecule has 1 aromatic rings. The van der Waals surface area contributed by atoms with Crippen LogP contribution in [0.2, 0.25) is 0 Å². The molecule has 4 nitrogen and oxygen atoms in total. The molecular weight excluding hydrogens is 228 g/mol. The summed E-state index contributed by atoms with van der Waals surface area (Å²) in [6.45, 7) is 1.75. The molecule has 2 N–H and O–H groups in total. The number of rotatable bonds is 5. The third kappa shape index (κ3) is 2.33. The zero-order valence-electron chi connectivity index (χ0n) is 10.5. The lowest BCUT2D eigenvalue weighted by molar-refractivity contribution is 0.0695. The number of carbonyl (C=O) groups is 1. The van der Waals surface area contributed by atoms with Crippen LogP contribution < -0.4 is 5.32 Å². The van der Waals surface area contributed by atoms with Crippen molar-refractivity contribution in [1.82, 2.24) is 4.98 Å². The molecule has 0 spiro atoms. The van der Waals surface area contributed by atoms with E-state index < -0.39 is 5.97 Å². The highest BCUT2D eigenvalue weighted by Crippen LogP contribution is 2.45. The molecule has 0 aliphatic heterocycles. The van der Waals surface area contributed by atoms with Crippen molar-refractivity contribution < 1.29 is 9.90 Å². The van der Waals surface area contributed by atoms with Crippen LogP contribution in [0.25, 0.3) is 0 Å². The van der Waals surface area contributed by atoms with Crippen molar-refractivity contribution in [1.29, 1.82) is 0 Å². The lowest BCUT2D eigenvalue weighted by Crippen LogP contribution is -2.25. The summed E-state index contributed by atoms with van der Waals surface area (Å²) in [5.41, 5.74) is 0.868. The second kappa shape index (κ2) is 4.26. The fourth-order valence-electron chi connectivity index (χ4n) is 2.57. The number of aromatic nitrogens is 1. The molecule has 0 amide bonds. The number of aryl methyl sites for hydroxylation is 1. The summed E-state index contributed by atoms with van der Waals surface area (Å²) in [7, 11) is 0. The smallest absolute Gasteiger partial charge is 0.337 e. The molecule has 0 saturated heterocycles. The van der Waals surface area contributed by atoms with Crippen molar-refractivity contribution in [2.24, 2.45) is 11.8 Å². The third-order valence-corrected chi connectivity index (χ3v) is 3.89. The minimum atomic E-state index is -0.910. The molecule has 0 unspecified atom stereocenters. The Hall–Kier alpha value is -1.58. The molecule has 2 aliphatic rings.